The Labute approximate surface area is 134 Å². The van der Waals surface area contributed by atoms with E-state index >= 15 is 0 Å². The second-order valence-electron chi connectivity index (χ2n) is 3.78. The van der Waals surface area contributed by atoms with Gasteiger partial charge in [0.2, 0.25) is 0 Å². The molecule has 0 fully saturated rings. The molecule has 0 bridgehead atoms. The Morgan fingerprint density at radius 1 is 1.11 bits per heavy atom. The van der Waals surface area contributed by atoms with Gasteiger partial charge in [0, 0.05) is 15.4 Å². The van der Waals surface area contributed by atoms with E-state index in [2.05, 4.69) is 15.9 Å². The first-order valence-corrected chi connectivity index (χ1v) is 7.79. The number of alkyl halides is 1. The average molecular weight is 382 g/mol. The summed E-state index contributed by atoms with van der Waals surface area (Å²) in [7, 11) is 3.22. The molecule has 2 nitrogen and oxygen atoms in total. The molecule has 1 aromatic carbocycles. The monoisotopic (exact) mass is 380 g/mol. The van der Waals surface area contributed by atoms with Gasteiger partial charge in [-0.1, -0.05) is 11.6 Å². The van der Waals surface area contributed by atoms with Gasteiger partial charge in [0.1, 0.15) is 15.8 Å². The van der Waals surface area contributed by atoms with Crippen molar-refractivity contribution in [2.75, 3.05) is 14.2 Å². The third-order valence-electron chi connectivity index (χ3n) is 2.58. The molecule has 6 heteroatoms. The summed E-state index contributed by atoms with van der Waals surface area (Å²) >= 11 is 17.4. The van der Waals surface area contributed by atoms with Crippen LogP contribution in [0.3, 0.4) is 0 Å². The van der Waals surface area contributed by atoms with Crippen LogP contribution in [0, 0.1) is 0 Å². The molecule has 0 aliphatic heterocycles. The van der Waals surface area contributed by atoms with Crippen molar-refractivity contribution in [1.82, 2.24) is 0 Å². The maximum Gasteiger partial charge on any atom is 0.122 e. The summed E-state index contributed by atoms with van der Waals surface area (Å²) in [5.41, 5.74) is 0.906. The molecule has 1 atom stereocenters. The second kappa shape index (κ2) is 6.35. The largest absolute Gasteiger partial charge is 0.497 e. The summed E-state index contributed by atoms with van der Waals surface area (Å²) in [6, 6.07) is 7.52. The fourth-order valence-corrected chi connectivity index (χ4v) is 3.69. The zero-order valence-electron chi connectivity index (χ0n) is 10.2. The van der Waals surface area contributed by atoms with Gasteiger partial charge in [-0.3, -0.25) is 0 Å². The quantitative estimate of drug-likeness (QED) is 0.650. The first kappa shape index (κ1) is 15.0. The lowest BCUT2D eigenvalue weighted by atomic mass is 10.1. The predicted molar refractivity (Wildman–Crippen MR) is 84.3 cm³/mol. The molecular formula is C13H11BrCl2O2S. The molecule has 1 aromatic heterocycles. The molecule has 1 heterocycles. The van der Waals surface area contributed by atoms with Gasteiger partial charge >= 0.3 is 0 Å². The third-order valence-corrected chi connectivity index (χ3v) is 5.74. The fourth-order valence-electron chi connectivity index (χ4n) is 1.63. The lowest BCUT2D eigenvalue weighted by molar-refractivity contribution is 0.393. The predicted octanol–water partition coefficient (Wildman–Crippen LogP) is 5.51. The molecule has 102 valence electrons. The highest BCUT2D eigenvalue weighted by atomic mass is 79.9. The van der Waals surface area contributed by atoms with Crippen LogP contribution in [0.1, 0.15) is 15.8 Å². The summed E-state index contributed by atoms with van der Waals surface area (Å²) in [6.07, 6.45) is 0. The minimum absolute atomic E-state index is 0.294. The topological polar surface area (TPSA) is 18.5 Å². The van der Waals surface area contributed by atoms with E-state index in [1.807, 2.05) is 24.3 Å². The summed E-state index contributed by atoms with van der Waals surface area (Å²) in [5.74, 6) is 1.42. The number of halogens is 3. The maximum atomic E-state index is 6.49. The number of hydrogen-bond acceptors (Lipinski definition) is 3. The summed E-state index contributed by atoms with van der Waals surface area (Å²) in [6.45, 7) is 0. The van der Waals surface area contributed by atoms with Gasteiger partial charge in [-0.25, -0.2) is 0 Å². The van der Waals surface area contributed by atoms with E-state index in [0.717, 1.165) is 14.9 Å². The molecule has 1 unspecified atom stereocenters. The highest BCUT2D eigenvalue weighted by Gasteiger charge is 2.17. The number of methoxy groups -OCH3 is 2. The van der Waals surface area contributed by atoms with Gasteiger partial charge in [0.15, 0.2) is 0 Å². The van der Waals surface area contributed by atoms with E-state index in [0.29, 0.717) is 15.8 Å². The third kappa shape index (κ3) is 3.37. The molecule has 19 heavy (non-hydrogen) atoms. The number of thiophene rings is 1. The molecule has 2 rings (SSSR count). The maximum absolute atomic E-state index is 6.49. The van der Waals surface area contributed by atoms with Crippen molar-refractivity contribution in [3.8, 4) is 11.5 Å². The van der Waals surface area contributed by atoms with Crippen molar-refractivity contribution >= 4 is 50.5 Å². The van der Waals surface area contributed by atoms with E-state index < -0.39 is 0 Å². The minimum atomic E-state index is -0.294. The van der Waals surface area contributed by atoms with Gasteiger partial charge in [-0.2, -0.15) is 0 Å². The standard InChI is InChI=1S/C13H11BrCl2O2S/c1-17-8-3-7(4-9(5-8)18-2)12(15)11-6-10(14)13(16)19-11/h3-6,12H,1-2H3. The van der Waals surface area contributed by atoms with Gasteiger partial charge in [0.25, 0.3) is 0 Å². The Balaban J connectivity index is 2.39. The van der Waals surface area contributed by atoms with Crippen LogP contribution in [0.2, 0.25) is 4.34 Å². The van der Waals surface area contributed by atoms with Gasteiger partial charge < -0.3 is 9.47 Å². The van der Waals surface area contributed by atoms with E-state index in [1.54, 1.807) is 14.2 Å². The number of benzene rings is 1. The Bertz CT molecular complexity index is 544. The van der Waals surface area contributed by atoms with Crippen LogP contribution in [0.25, 0.3) is 0 Å². The van der Waals surface area contributed by atoms with Crippen molar-refractivity contribution in [1.29, 1.82) is 0 Å². The molecule has 0 radical (unpaired) electrons. The minimum Gasteiger partial charge on any atom is -0.497 e. The average Bonchev–Trinajstić information content (AvgIpc) is 2.77. The van der Waals surface area contributed by atoms with E-state index in [1.165, 1.54) is 11.3 Å². The SMILES string of the molecule is COc1cc(OC)cc(C(Cl)c2cc(Br)c(Cl)s2)c1. The molecule has 0 saturated carbocycles. The number of ether oxygens (including phenoxy) is 2. The van der Waals surface area contributed by atoms with Crippen molar-refractivity contribution in [2.45, 2.75) is 5.38 Å². The molecule has 0 amide bonds. The van der Waals surface area contributed by atoms with Crippen LogP contribution < -0.4 is 9.47 Å². The van der Waals surface area contributed by atoms with Crippen LogP contribution in [-0.2, 0) is 0 Å². The van der Waals surface area contributed by atoms with E-state index in [4.69, 9.17) is 32.7 Å². The van der Waals surface area contributed by atoms with Crippen molar-refractivity contribution in [3.05, 3.63) is 43.5 Å². The molecule has 2 aromatic rings. The molecule has 0 saturated heterocycles. The van der Waals surface area contributed by atoms with Crippen molar-refractivity contribution < 1.29 is 9.47 Å². The fraction of sp³-hybridized carbons (Fsp3) is 0.231. The molecule has 0 spiro atoms. The number of hydrogen-bond donors (Lipinski definition) is 0. The normalized spacial score (nSPS) is 12.3. The van der Waals surface area contributed by atoms with Gasteiger partial charge in [-0.15, -0.1) is 22.9 Å². The van der Waals surface area contributed by atoms with Crippen LogP contribution in [0.15, 0.2) is 28.7 Å². The van der Waals surface area contributed by atoms with Crippen molar-refractivity contribution in [2.24, 2.45) is 0 Å². The van der Waals surface area contributed by atoms with Crippen LogP contribution in [-0.4, -0.2) is 14.2 Å². The Hall–Kier alpha value is -0.420. The molecule has 0 aliphatic carbocycles. The van der Waals surface area contributed by atoms with Crippen LogP contribution >= 0.6 is 50.5 Å². The Morgan fingerprint density at radius 2 is 1.68 bits per heavy atom. The van der Waals surface area contributed by atoms with Gasteiger partial charge in [-0.05, 0) is 39.7 Å². The lowest BCUT2D eigenvalue weighted by Gasteiger charge is -2.12. The van der Waals surface area contributed by atoms with Crippen LogP contribution in [0.4, 0.5) is 0 Å². The highest BCUT2D eigenvalue weighted by molar-refractivity contribution is 9.10. The first-order valence-electron chi connectivity index (χ1n) is 5.37. The number of rotatable bonds is 4. The summed E-state index contributed by atoms with van der Waals surface area (Å²) in [5, 5.41) is -0.294. The smallest absolute Gasteiger partial charge is 0.122 e. The second-order valence-corrected chi connectivity index (χ2v) is 6.76. The Kier molecular flexibility index (Phi) is 5.01. The first-order chi connectivity index (χ1) is 9.05. The summed E-state index contributed by atoms with van der Waals surface area (Å²) < 4.78 is 12.0. The van der Waals surface area contributed by atoms with Crippen LogP contribution in [0.5, 0.6) is 11.5 Å². The highest BCUT2D eigenvalue weighted by Crippen LogP contribution is 2.41. The van der Waals surface area contributed by atoms with E-state index in [9.17, 15) is 0 Å². The lowest BCUT2D eigenvalue weighted by Crippen LogP contribution is -1.94. The molecule has 0 N–H and O–H groups in total. The van der Waals surface area contributed by atoms with E-state index in [-0.39, 0.29) is 5.38 Å². The van der Waals surface area contributed by atoms with Crippen molar-refractivity contribution in [3.63, 3.8) is 0 Å². The molecule has 0 aliphatic rings. The Morgan fingerprint density at radius 3 is 2.11 bits per heavy atom. The summed E-state index contributed by atoms with van der Waals surface area (Å²) in [4.78, 5) is 0.967. The zero-order chi connectivity index (χ0) is 14.0. The van der Waals surface area contributed by atoms with Gasteiger partial charge in [0.05, 0.1) is 19.6 Å². The zero-order valence-corrected chi connectivity index (χ0v) is 14.2. The molecular weight excluding hydrogens is 371 g/mol.